The number of rotatable bonds is 6. The highest BCUT2D eigenvalue weighted by Crippen LogP contribution is 2.46. The molecule has 5 atom stereocenters. The lowest BCUT2D eigenvalue weighted by Gasteiger charge is -2.47. The van der Waals surface area contributed by atoms with Crippen molar-refractivity contribution in [2.45, 2.75) is 52.1 Å². The average molecular weight is 284 g/mol. The third-order valence-corrected chi connectivity index (χ3v) is 4.80. The molecule has 0 radical (unpaired) electrons. The Morgan fingerprint density at radius 1 is 1.40 bits per heavy atom. The quantitative estimate of drug-likeness (QED) is 0.724. The number of aldehydes is 1. The predicted octanol–water partition coefficient (Wildman–Crippen LogP) is 1.67. The van der Waals surface area contributed by atoms with Crippen LogP contribution >= 0.6 is 0 Å². The van der Waals surface area contributed by atoms with E-state index in [-0.39, 0.29) is 17.6 Å². The Hall–Kier alpha value is -1.23. The van der Waals surface area contributed by atoms with Crippen LogP contribution < -0.4 is 0 Å². The standard InChI is InChI=1S/C15H24O5/c1-9-4-6-13(11(3)14(18)19)15(20,8-16)12(9)7-5-10(2)17/h8-9,11-13,20H,4-7H2,1-3H3,(H,18,19)/t9?,11-,12?,13?,15?/m1/s1. The molecule has 0 aromatic rings. The van der Waals surface area contributed by atoms with E-state index in [1.54, 1.807) is 0 Å². The largest absolute Gasteiger partial charge is 0.481 e. The summed E-state index contributed by atoms with van der Waals surface area (Å²) in [6.07, 6.45) is 2.51. The van der Waals surface area contributed by atoms with Gasteiger partial charge in [0, 0.05) is 12.3 Å². The van der Waals surface area contributed by atoms with E-state index >= 15 is 0 Å². The van der Waals surface area contributed by atoms with Gasteiger partial charge < -0.3 is 19.8 Å². The molecule has 0 bridgehead atoms. The van der Waals surface area contributed by atoms with Crippen LogP contribution in [0.1, 0.15) is 46.5 Å². The highest BCUT2D eigenvalue weighted by molar-refractivity contribution is 5.76. The van der Waals surface area contributed by atoms with Crippen LogP contribution in [0.25, 0.3) is 0 Å². The Morgan fingerprint density at radius 3 is 2.45 bits per heavy atom. The number of hydrogen-bond donors (Lipinski definition) is 2. The van der Waals surface area contributed by atoms with Gasteiger partial charge in [-0.3, -0.25) is 4.79 Å². The van der Waals surface area contributed by atoms with E-state index in [2.05, 4.69) is 0 Å². The number of aliphatic hydroxyl groups is 1. The highest BCUT2D eigenvalue weighted by Gasteiger charge is 2.52. The molecule has 1 saturated carbocycles. The average Bonchev–Trinajstić information content (AvgIpc) is 2.37. The first-order valence-corrected chi connectivity index (χ1v) is 7.15. The van der Waals surface area contributed by atoms with E-state index in [1.165, 1.54) is 13.8 Å². The molecule has 20 heavy (non-hydrogen) atoms. The number of carboxylic acids is 1. The number of Topliss-reactive ketones (excluding diaryl/α,β-unsaturated/α-hetero) is 1. The molecule has 0 spiro atoms. The van der Waals surface area contributed by atoms with Gasteiger partial charge in [-0.1, -0.05) is 13.8 Å². The molecule has 0 aromatic heterocycles. The normalized spacial score (nSPS) is 35.3. The summed E-state index contributed by atoms with van der Waals surface area (Å²) in [5.41, 5.74) is -1.65. The summed E-state index contributed by atoms with van der Waals surface area (Å²) in [6, 6.07) is 0. The molecular weight excluding hydrogens is 260 g/mol. The summed E-state index contributed by atoms with van der Waals surface area (Å²) in [5.74, 6) is -2.62. The van der Waals surface area contributed by atoms with Gasteiger partial charge in [-0.2, -0.15) is 0 Å². The van der Waals surface area contributed by atoms with Crippen LogP contribution in [-0.4, -0.2) is 33.9 Å². The Morgan fingerprint density at radius 2 is 2.00 bits per heavy atom. The third kappa shape index (κ3) is 3.26. The summed E-state index contributed by atoms with van der Waals surface area (Å²) in [7, 11) is 0. The number of carbonyl (C=O) groups is 3. The van der Waals surface area contributed by atoms with E-state index in [1.807, 2.05) is 6.92 Å². The van der Waals surface area contributed by atoms with Crippen molar-refractivity contribution in [2.75, 3.05) is 0 Å². The minimum absolute atomic E-state index is 0.0128. The first-order valence-electron chi connectivity index (χ1n) is 7.15. The van der Waals surface area contributed by atoms with Gasteiger partial charge in [0.1, 0.15) is 11.4 Å². The van der Waals surface area contributed by atoms with Crippen molar-refractivity contribution in [2.24, 2.45) is 23.7 Å². The van der Waals surface area contributed by atoms with E-state index in [0.29, 0.717) is 25.5 Å². The highest BCUT2D eigenvalue weighted by atomic mass is 16.4. The predicted molar refractivity (Wildman–Crippen MR) is 73.1 cm³/mol. The molecule has 1 fully saturated rings. The molecule has 1 rings (SSSR count). The maximum Gasteiger partial charge on any atom is 0.306 e. The second-order valence-electron chi connectivity index (χ2n) is 6.14. The SMILES string of the molecule is CC(=O)CCC1C(C)CCC([C@@H](C)C(=O)O)C1(O)C=O. The molecule has 4 unspecified atom stereocenters. The Labute approximate surface area is 119 Å². The fourth-order valence-corrected chi connectivity index (χ4v) is 3.48. The minimum Gasteiger partial charge on any atom is -0.481 e. The molecule has 0 aromatic carbocycles. The van der Waals surface area contributed by atoms with Gasteiger partial charge >= 0.3 is 5.97 Å². The zero-order chi connectivity index (χ0) is 15.5. The van der Waals surface area contributed by atoms with Gasteiger partial charge in [0.15, 0.2) is 6.29 Å². The van der Waals surface area contributed by atoms with Crippen molar-refractivity contribution in [1.29, 1.82) is 0 Å². The van der Waals surface area contributed by atoms with Crippen molar-refractivity contribution in [3.8, 4) is 0 Å². The van der Waals surface area contributed by atoms with Crippen LogP contribution in [0.5, 0.6) is 0 Å². The second kappa shape index (κ2) is 6.48. The fourth-order valence-electron chi connectivity index (χ4n) is 3.48. The second-order valence-corrected chi connectivity index (χ2v) is 6.14. The van der Waals surface area contributed by atoms with Crippen LogP contribution in [0.15, 0.2) is 0 Å². The lowest BCUT2D eigenvalue weighted by Crippen LogP contribution is -2.55. The van der Waals surface area contributed by atoms with Gasteiger partial charge in [-0.25, -0.2) is 0 Å². The van der Waals surface area contributed by atoms with Gasteiger partial charge in [-0.15, -0.1) is 0 Å². The molecule has 0 saturated heterocycles. The van der Waals surface area contributed by atoms with Crippen LogP contribution in [-0.2, 0) is 14.4 Å². The van der Waals surface area contributed by atoms with E-state index < -0.39 is 23.4 Å². The molecule has 1 aliphatic carbocycles. The van der Waals surface area contributed by atoms with Crippen LogP contribution in [0.4, 0.5) is 0 Å². The zero-order valence-electron chi connectivity index (χ0n) is 12.3. The Balaban J connectivity index is 3.03. The number of carboxylic acid groups (broad SMARTS) is 1. The van der Waals surface area contributed by atoms with Crippen LogP contribution in [0.3, 0.4) is 0 Å². The van der Waals surface area contributed by atoms with Crippen molar-refractivity contribution in [1.82, 2.24) is 0 Å². The Kier molecular flexibility index (Phi) is 5.45. The van der Waals surface area contributed by atoms with Crippen molar-refractivity contribution in [3.63, 3.8) is 0 Å². The van der Waals surface area contributed by atoms with Crippen molar-refractivity contribution in [3.05, 3.63) is 0 Å². The maximum atomic E-state index is 11.5. The molecule has 0 aliphatic heterocycles. The van der Waals surface area contributed by atoms with Crippen molar-refractivity contribution >= 4 is 18.0 Å². The molecule has 2 N–H and O–H groups in total. The summed E-state index contributed by atoms with van der Waals surface area (Å²) < 4.78 is 0. The lowest BCUT2D eigenvalue weighted by atomic mass is 9.60. The summed E-state index contributed by atoms with van der Waals surface area (Å²) in [4.78, 5) is 33.8. The van der Waals surface area contributed by atoms with E-state index in [0.717, 1.165) is 6.42 Å². The van der Waals surface area contributed by atoms with Gasteiger partial charge in [0.25, 0.3) is 0 Å². The zero-order valence-corrected chi connectivity index (χ0v) is 12.3. The van der Waals surface area contributed by atoms with E-state index in [9.17, 15) is 19.5 Å². The van der Waals surface area contributed by atoms with Crippen LogP contribution in [0.2, 0.25) is 0 Å². The first-order chi connectivity index (χ1) is 9.24. The monoisotopic (exact) mass is 284 g/mol. The minimum atomic E-state index is -1.65. The van der Waals surface area contributed by atoms with Crippen LogP contribution in [0, 0.1) is 23.7 Å². The van der Waals surface area contributed by atoms with Gasteiger partial charge in [0.2, 0.25) is 0 Å². The lowest BCUT2D eigenvalue weighted by molar-refractivity contribution is -0.166. The molecule has 5 nitrogen and oxygen atoms in total. The fraction of sp³-hybridized carbons (Fsp3) is 0.800. The summed E-state index contributed by atoms with van der Waals surface area (Å²) in [5, 5.41) is 19.9. The molecule has 0 amide bonds. The summed E-state index contributed by atoms with van der Waals surface area (Å²) >= 11 is 0. The van der Waals surface area contributed by atoms with Gasteiger partial charge in [0.05, 0.1) is 5.92 Å². The third-order valence-electron chi connectivity index (χ3n) is 4.80. The van der Waals surface area contributed by atoms with E-state index in [4.69, 9.17) is 5.11 Å². The first kappa shape index (κ1) is 16.8. The van der Waals surface area contributed by atoms with Crippen molar-refractivity contribution < 1.29 is 24.6 Å². The number of aliphatic carboxylic acids is 1. The maximum absolute atomic E-state index is 11.5. The molecule has 0 heterocycles. The molecule has 5 heteroatoms. The number of carbonyl (C=O) groups excluding carboxylic acids is 2. The number of ketones is 1. The topological polar surface area (TPSA) is 91.7 Å². The Bertz CT molecular complexity index is 392. The number of hydrogen-bond acceptors (Lipinski definition) is 4. The molecule has 1 aliphatic rings. The molecule has 114 valence electrons. The van der Waals surface area contributed by atoms with Gasteiger partial charge in [-0.05, 0) is 38.0 Å². The smallest absolute Gasteiger partial charge is 0.306 e. The molecular formula is C15H24O5. The summed E-state index contributed by atoms with van der Waals surface area (Å²) in [6.45, 7) is 4.95.